The molecular formula is C14H28N2O. The predicted molar refractivity (Wildman–Crippen MR) is 71.9 cm³/mol. The van der Waals surface area contributed by atoms with Gasteiger partial charge in [-0.05, 0) is 45.1 Å². The lowest BCUT2D eigenvalue weighted by molar-refractivity contribution is -0.138. The summed E-state index contributed by atoms with van der Waals surface area (Å²) in [5.74, 6) is 0.917. The van der Waals surface area contributed by atoms with Crippen LogP contribution in [-0.2, 0) is 4.79 Å². The summed E-state index contributed by atoms with van der Waals surface area (Å²) in [7, 11) is 1.95. The molecule has 0 saturated carbocycles. The van der Waals surface area contributed by atoms with Crippen LogP contribution in [-0.4, -0.2) is 36.0 Å². The van der Waals surface area contributed by atoms with E-state index >= 15 is 0 Å². The summed E-state index contributed by atoms with van der Waals surface area (Å²) in [6.45, 7) is 9.65. The van der Waals surface area contributed by atoms with Gasteiger partial charge in [0.15, 0.2) is 0 Å². The van der Waals surface area contributed by atoms with Crippen LogP contribution in [0.25, 0.3) is 0 Å². The van der Waals surface area contributed by atoms with Gasteiger partial charge in [-0.25, -0.2) is 0 Å². The molecule has 3 heteroatoms. The van der Waals surface area contributed by atoms with Crippen LogP contribution in [0.2, 0.25) is 0 Å². The van der Waals surface area contributed by atoms with E-state index in [-0.39, 0.29) is 11.4 Å². The zero-order valence-electron chi connectivity index (χ0n) is 12.0. The molecule has 1 N–H and O–H groups in total. The van der Waals surface area contributed by atoms with E-state index in [9.17, 15) is 4.79 Å². The maximum Gasteiger partial charge on any atom is 0.242 e. The highest BCUT2D eigenvalue weighted by molar-refractivity contribution is 5.86. The van der Waals surface area contributed by atoms with Gasteiger partial charge < -0.3 is 10.2 Å². The molecule has 0 aliphatic carbocycles. The number of nitrogens with zero attached hydrogens (tertiary/aromatic N) is 1. The number of nitrogens with one attached hydrogen (secondary N) is 1. The molecule has 2 unspecified atom stereocenters. The number of hydrogen-bond donors (Lipinski definition) is 1. The molecule has 1 fully saturated rings. The fourth-order valence-corrected chi connectivity index (χ4v) is 2.82. The Hall–Kier alpha value is -0.570. The lowest BCUT2D eigenvalue weighted by Gasteiger charge is -2.35. The summed E-state index contributed by atoms with van der Waals surface area (Å²) < 4.78 is 0. The van der Waals surface area contributed by atoms with E-state index < -0.39 is 0 Å². The van der Waals surface area contributed by atoms with Crippen molar-refractivity contribution >= 4 is 5.91 Å². The van der Waals surface area contributed by atoms with E-state index in [1.807, 2.05) is 11.9 Å². The van der Waals surface area contributed by atoms with Crippen molar-refractivity contribution in [1.82, 2.24) is 10.2 Å². The first-order valence-electron chi connectivity index (χ1n) is 6.95. The van der Waals surface area contributed by atoms with Gasteiger partial charge in [-0.3, -0.25) is 4.79 Å². The molecule has 0 radical (unpaired) electrons. The third-order valence-corrected chi connectivity index (χ3v) is 4.05. The minimum absolute atomic E-state index is 0.278. The molecule has 1 saturated heterocycles. The van der Waals surface area contributed by atoms with Crippen molar-refractivity contribution in [2.45, 2.75) is 65.0 Å². The van der Waals surface area contributed by atoms with Gasteiger partial charge in [-0.2, -0.15) is 0 Å². The monoisotopic (exact) mass is 240 g/mol. The molecule has 1 aliphatic rings. The van der Waals surface area contributed by atoms with Gasteiger partial charge in [-0.1, -0.05) is 20.8 Å². The van der Waals surface area contributed by atoms with E-state index in [0.29, 0.717) is 12.0 Å². The predicted octanol–water partition coefficient (Wildman–Crippen LogP) is 2.41. The molecular weight excluding hydrogens is 212 g/mol. The summed E-state index contributed by atoms with van der Waals surface area (Å²) in [6.07, 6.45) is 4.07. The second-order valence-electron chi connectivity index (χ2n) is 5.86. The number of hydrogen-bond acceptors (Lipinski definition) is 2. The lowest BCUT2D eigenvalue weighted by atomic mass is 9.91. The zero-order chi connectivity index (χ0) is 13.1. The lowest BCUT2D eigenvalue weighted by Crippen LogP contribution is -2.55. The second kappa shape index (κ2) is 5.85. The first-order chi connectivity index (χ1) is 7.93. The van der Waals surface area contributed by atoms with Crippen molar-refractivity contribution in [2.24, 2.45) is 5.92 Å². The van der Waals surface area contributed by atoms with E-state index in [0.717, 1.165) is 32.2 Å². The van der Waals surface area contributed by atoms with Gasteiger partial charge in [0, 0.05) is 13.1 Å². The largest absolute Gasteiger partial charge is 0.341 e. The van der Waals surface area contributed by atoms with Gasteiger partial charge >= 0.3 is 0 Å². The number of likely N-dealkylation sites (N-methyl/N-ethyl adjacent to an activating group) is 1. The van der Waals surface area contributed by atoms with Crippen molar-refractivity contribution in [1.29, 1.82) is 0 Å². The molecule has 1 amide bonds. The Balaban J connectivity index is 2.67. The Labute approximate surface area is 106 Å². The molecule has 3 nitrogen and oxygen atoms in total. The molecule has 2 atom stereocenters. The minimum atomic E-state index is -0.278. The SMILES string of the molecule is CCC1(C(=O)N(C)C(C)CC(C)C)CCCN1. The van der Waals surface area contributed by atoms with Crippen molar-refractivity contribution in [3.8, 4) is 0 Å². The maximum absolute atomic E-state index is 12.6. The number of carbonyl (C=O) groups excluding carboxylic acids is 1. The van der Waals surface area contributed by atoms with Crippen LogP contribution in [0.5, 0.6) is 0 Å². The molecule has 0 spiro atoms. The Morgan fingerprint density at radius 1 is 1.41 bits per heavy atom. The van der Waals surface area contributed by atoms with Gasteiger partial charge in [0.1, 0.15) is 0 Å². The highest BCUT2D eigenvalue weighted by Gasteiger charge is 2.41. The van der Waals surface area contributed by atoms with Gasteiger partial charge in [-0.15, -0.1) is 0 Å². The number of rotatable bonds is 5. The molecule has 100 valence electrons. The van der Waals surface area contributed by atoms with E-state index in [1.165, 1.54) is 0 Å². The van der Waals surface area contributed by atoms with Crippen molar-refractivity contribution in [2.75, 3.05) is 13.6 Å². The highest BCUT2D eigenvalue weighted by atomic mass is 16.2. The standard InChI is InChI=1S/C14H28N2O/c1-6-14(8-7-9-15-14)13(17)16(5)12(4)10-11(2)3/h11-12,15H,6-10H2,1-5H3. The average Bonchev–Trinajstić information content (AvgIpc) is 2.75. The number of carbonyl (C=O) groups is 1. The summed E-state index contributed by atoms with van der Waals surface area (Å²) in [6, 6.07) is 0.327. The smallest absolute Gasteiger partial charge is 0.242 e. The average molecular weight is 240 g/mol. The molecule has 1 heterocycles. The summed E-state index contributed by atoms with van der Waals surface area (Å²) in [5.41, 5.74) is -0.278. The second-order valence-corrected chi connectivity index (χ2v) is 5.86. The van der Waals surface area contributed by atoms with Crippen molar-refractivity contribution < 1.29 is 4.79 Å². The van der Waals surface area contributed by atoms with Gasteiger partial charge in [0.05, 0.1) is 5.54 Å². The summed E-state index contributed by atoms with van der Waals surface area (Å²) in [5, 5.41) is 3.42. The Kier molecular flexibility index (Phi) is 4.99. The molecule has 0 aromatic carbocycles. The van der Waals surface area contributed by atoms with Crippen LogP contribution < -0.4 is 5.32 Å². The molecule has 17 heavy (non-hydrogen) atoms. The first-order valence-corrected chi connectivity index (χ1v) is 6.95. The molecule has 0 aromatic heterocycles. The van der Waals surface area contributed by atoms with Crippen LogP contribution in [0.15, 0.2) is 0 Å². The van der Waals surface area contributed by atoms with Crippen LogP contribution in [0, 0.1) is 5.92 Å². The van der Waals surface area contributed by atoms with Crippen LogP contribution in [0.4, 0.5) is 0 Å². The van der Waals surface area contributed by atoms with Crippen LogP contribution in [0.1, 0.15) is 53.4 Å². The van der Waals surface area contributed by atoms with Gasteiger partial charge in [0.25, 0.3) is 0 Å². The summed E-state index contributed by atoms with van der Waals surface area (Å²) in [4.78, 5) is 14.5. The quantitative estimate of drug-likeness (QED) is 0.800. The fourth-order valence-electron chi connectivity index (χ4n) is 2.82. The zero-order valence-corrected chi connectivity index (χ0v) is 12.0. The molecule has 1 rings (SSSR count). The van der Waals surface area contributed by atoms with Crippen molar-refractivity contribution in [3.63, 3.8) is 0 Å². The molecule has 0 aromatic rings. The normalized spacial score (nSPS) is 26.2. The van der Waals surface area contributed by atoms with Gasteiger partial charge in [0.2, 0.25) is 5.91 Å². The Morgan fingerprint density at radius 2 is 2.06 bits per heavy atom. The molecule has 1 aliphatic heterocycles. The Bertz CT molecular complexity index is 257. The third-order valence-electron chi connectivity index (χ3n) is 4.05. The maximum atomic E-state index is 12.6. The number of amides is 1. The van der Waals surface area contributed by atoms with Crippen LogP contribution >= 0.6 is 0 Å². The van der Waals surface area contributed by atoms with E-state index in [4.69, 9.17) is 0 Å². The molecule has 0 bridgehead atoms. The minimum Gasteiger partial charge on any atom is -0.341 e. The van der Waals surface area contributed by atoms with E-state index in [2.05, 4.69) is 33.0 Å². The topological polar surface area (TPSA) is 32.3 Å². The van der Waals surface area contributed by atoms with E-state index in [1.54, 1.807) is 0 Å². The Morgan fingerprint density at radius 3 is 2.47 bits per heavy atom. The summed E-state index contributed by atoms with van der Waals surface area (Å²) >= 11 is 0. The fraction of sp³-hybridized carbons (Fsp3) is 0.929. The van der Waals surface area contributed by atoms with Crippen LogP contribution in [0.3, 0.4) is 0 Å². The highest BCUT2D eigenvalue weighted by Crippen LogP contribution is 2.26. The first kappa shape index (κ1) is 14.5. The van der Waals surface area contributed by atoms with Crippen molar-refractivity contribution in [3.05, 3.63) is 0 Å². The third kappa shape index (κ3) is 3.21.